The molecule has 17 heavy (non-hydrogen) atoms. The number of benzene rings is 2. The highest BCUT2D eigenvalue weighted by Gasteiger charge is 2.10. The van der Waals surface area contributed by atoms with Gasteiger partial charge in [-0.2, -0.15) is 0 Å². The van der Waals surface area contributed by atoms with E-state index in [2.05, 4.69) is 29.2 Å². The third kappa shape index (κ3) is 1.58. The molecule has 0 aliphatic heterocycles. The normalized spacial score (nSPS) is 13.1. The van der Waals surface area contributed by atoms with Crippen LogP contribution in [0.15, 0.2) is 48.5 Å². The van der Waals surface area contributed by atoms with Crippen molar-refractivity contribution in [2.75, 3.05) is 0 Å². The van der Waals surface area contributed by atoms with Crippen LogP contribution < -0.4 is 5.73 Å². The van der Waals surface area contributed by atoms with Crippen molar-refractivity contribution in [3.05, 3.63) is 54.2 Å². The standard InChI is InChI=1S/C15H14N2/c1-10(16)15-13-8-3-2-6-11(13)12-7-4-5-9-14(12)17-15/h2-10H,16H2,1H3. The number of hydrogen-bond donors (Lipinski definition) is 1. The Balaban J connectivity index is 2.55. The Morgan fingerprint density at radius 1 is 0.882 bits per heavy atom. The summed E-state index contributed by atoms with van der Waals surface area (Å²) in [5.41, 5.74) is 7.99. The summed E-state index contributed by atoms with van der Waals surface area (Å²) >= 11 is 0. The van der Waals surface area contributed by atoms with Crippen LogP contribution in [0.3, 0.4) is 0 Å². The summed E-state index contributed by atoms with van der Waals surface area (Å²) in [5, 5.41) is 3.57. The van der Waals surface area contributed by atoms with Gasteiger partial charge in [0, 0.05) is 16.8 Å². The molecule has 2 aromatic carbocycles. The summed E-state index contributed by atoms with van der Waals surface area (Å²) in [6.45, 7) is 1.98. The minimum atomic E-state index is -0.0514. The fraction of sp³-hybridized carbons (Fsp3) is 0.133. The molecular formula is C15H14N2. The first-order valence-corrected chi connectivity index (χ1v) is 5.80. The lowest BCUT2D eigenvalue weighted by Gasteiger charge is -2.11. The molecule has 0 aliphatic rings. The van der Waals surface area contributed by atoms with E-state index in [0.29, 0.717) is 0 Å². The molecule has 1 atom stereocenters. The topological polar surface area (TPSA) is 38.9 Å². The molecule has 2 N–H and O–H groups in total. The number of nitrogens with zero attached hydrogens (tertiary/aromatic N) is 1. The fourth-order valence-corrected chi connectivity index (χ4v) is 2.28. The largest absolute Gasteiger partial charge is 0.323 e. The van der Waals surface area contributed by atoms with Crippen molar-refractivity contribution >= 4 is 21.7 Å². The van der Waals surface area contributed by atoms with Gasteiger partial charge in [-0.1, -0.05) is 42.5 Å². The molecule has 2 heteroatoms. The van der Waals surface area contributed by atoms with Crippen molar-refractivity contribution in [2.45, 2.75) is 13.0 Å². The highest BCUT2D eigenvalue weighted by Crippen LogP contribution is 2.28. The van der Waals surface area contributed by atoms with Gasteiger partial charge in [-0.05, 0) is 18.4 Å². The smallest absolute Gasteiger partial charge is 0.0712 e. The number of hydrogen-bond acceptors (Lipinski definition) is 2. The summed E-state index contributed by atoms with van der Waals surface area (Å²) in [5.74, 6) is 0. The first-order chi connectivity index (χ1) is 8.27. The minimum absolute atomic E-state index is 0.0514. The highest BCUT2D eigenvalue weighted by molar-refractivity contribution is 6.06. The Bertz CT molecular complexity index is 687. The molecular weight excluding hydrogens is 208 g/mol. The summed E-state index contributed by atoms with van der Waals surface area (Å²) in [4.78, 5) is 4.68. The predicted molar refractivity (Wildman–Crippen MR) is 71.9 cm³/mol. The molecule has 0 radical (unpaired) electrons. The molecule has 2 nitrogen and oxygen atoms in total. The Kier molecular flexibility index (Phi) is 2.30. The lowest BCUT2D eigenvalue weighted by molar-refractivity contribution is 0.796. The van der Waals surface area contributed by atoms with Gasteiger partial charge in [0.2, 0.25) is 0 Å². The van der Waals surface area contributed by atoms with Crippen LogP contribution >= 0.6 is 0 Å². The van der Waals surface area contributed by atoms with Crippen LogP contribution in [0.5, 0.6) is 0 Å². The van der Waals surface area contributed by atoms with Gasteiger partial charge in [-0.3, -0.25) is 4.98 Å². The summed E-state index contributed by atoms with van der Waals surface area (Å²) in [6.07, 6.45) is 0. The van der Waals surface area contributed by atoms with Crippen molar-refractivity contribution in [3.8, 4) is 0 Å². The van der Waals surface area contributed by atoms with Gasteiger partial charge in [0.1, 0.15) is 0 Å². The molecule has 0 aliphatic carbocycles. The molecule has 0 saturated carbocycles. The van der Waals surface area contributed by atoms with Crippen molar-refractivity contribution in [1.82, 2.24) is 4.98 Å². The van der Waals surface area contributed by atoms with Crippen LogP contribution in [0.2, 0.25) is 0 Å². The van der Waals surface area contributed by atoms with Gasteiger partial charge < -0.3 is 5.73 Å². The highest BCUT2D eigenvalue weighted by atomic mass is 14.8. The number of nitrogens with two attached hydrogens (primary N) is 1. The van der Waals surface area contributed by atoms with Gasteiger partial charge in [-0.25, -0.2) is 0 Å². The molecule has 0 bridgehead atoms. The average Bonchev–Trinajstić information content (AvgIpc) is 2.37. The first-order valence-electron chi connectivity index (χ1n) is 5.80. The quantitative estimate of drug-likeness (QED) is 0.641. The zero-order chi connectivity index (χ0) is 11.8. The van der Waals surface area contributed by atoms with Crippen LogP contribution in [0.25, 0.3) is 21.7 Å². The van der Waals surface area contributed by atoms with E-state index in [-0.39, 0.29) is 6.04 Å². The van der Waals surface area contributed by atoms with Crippen LogP contribution in [0.1, 0.15) is 18.7 Å². The van der Waals surface area contributed by atoms with Crippen molar-refractivity contribution in [1.29, 1.82) is 0 Å². The molecule has 0 saturated heterocycles. The Morgan fingerprint density at radius 2 is 1.47 bits per heavy atom. The van der Waals surface area contributed by atoms with Gasteiger partial charge in [-0.15, -0.1) is 0 Å². The second-order valence-corrected chi connectivity index (χ2v) is 4.35. The maximum absolute atomic E-state index is 6.01. The van der Waals surface area contributed by atoms with E-state index in [1.165, 1.54) is 10.8 Å². The van der Waals surface area contributed by atoms with Crippen LogP contribution in [-0.4, -0.2) is 4.98 Å². The Morgan fingerprint density at radius 3 is 2.18 bits per heavy atom. The van der Waals surface area contributed by atoms with E-state index in [4.69, 9.17) is 5.73 Å². The average molecular weight is 222 g/mol. The van der Waals surface area contributed by atoms with E-state index in [0.717, 1.165) is 16.6 Å². The van der Waals surface area contributed by atoms with E-state index < -0.39 is 0 Å². The van der Waals surface area contributed by atoms with E-state index in [1.807, 2.05) is 31.2 Å². The maximum atomic E-state index is 6.01. The van der Waals surface area contributed by atoms with Crippen LogP contribution in [-0.2, 0) is 0 Å². The summed E-state index contributed by atoms with van der Waals surface area (Å²) in [6, 6.07) is 16.5. The van der Waals surface area contributed by atoms with E-state index >= 15 is 0 Å². The minimum Gasteiger partial charge on any atom is -0.323 e. The number of aromatic nitrogens is 1. The van der Waals surface area contributed by atoms with Crippen LogP contribution in [0, 0.1) is 0 Å². The van der Waals surface area contributed by atoms with Crippen molar-refractivity contribution in [3.63, 3.8) is 0 Å². The van der Waals surface area contributed by atoms with Crippen LogP contribution in [0.4, 0.5) is 0 Å². The van der Waals surface area contributed by atoms with E-state index in [9.17, 15) is 0 Å². The number of para-hydroxylation sites is 1. The lowest BCUT2D eigenvalue weighted by atomic mass is 10.0. The molecule has 1 unspecified atom stereocenters. The molecule has 0 fully saturated rings. The van der Waals surface area contributed by atoms with Crippen molar-refractivity contribution in [2.24, 2.45) is 5.73 Å². The molecule has 0 amide bonds. The molecule has 1 heterocycles. The zero-order valence-electron chi connectivity index (χ0n) is 9.72. The third-order valence-electron chi connectivity index (χ3n) is 3.07. The number of rotatable bonds is 1. The SMILES string of the molecule is CC(N)c1nc2ccccc2c2ccccc12. The number of pyridine rings is 1. The fourth-order valence-electron chi connectivity index (χ4n) is 2.28. The van der Waals surface area contributed by atoms with Gasteiger partial charge >= 0.3 is 0 Å². The van der Waals surface area contributed by atoms with Gasteiger partial charge in [0.05, 0.1) is 11.2 Å². The second kappa shape index (κ2) is 3.82. The molecule has 3 rings (SSSR count). The Hall–Kier alpha value is -1.93. The van der Waals surface area contributed by atoms with Crippen molar-refractivity contribution < 1.29 is 0 Å². The first kappa shape index (κ1) is 10.2. The zero-order valence-corrected chi connectivity index (χ0v) is 9.72. The second-order valence-electron chi connectivity index (χ2n) is 4.35. The van der Waals surface area contributed by atoms with Gasteiger partial charge in [0.25, 0.3) is 0 Å². The third-order valence-corrected chi connectivity index (χ3v) is 3.07. The molecule has 0 spiro atoms. The summed E-state index contributed by atoms with van der Waals surface area (Å²) < 4.78 is 0. The maximum Gasteiger partial charge on any atom is 0.0712 e. The van der Waals surface area contributed by atoms with E-state index in [1.54, 1.807) is 0 Å². The predicted octanol–water partition coefficient (Wildman–Crippen LogP) is 3.41. The number of fused-ring (bicyclic) bond motifs is 3. The monoisotopic (exact) mass is 222 g/mol. The summed E-state index contributed by atoms with van der Waals surface area (Å²) in [7, 11) is 0. The molecule has 1 aromatic heterocycles. The molecule has 84 valence electrons. The molecule has 3 aromatic rings. The Labute approximate surface area is 100 Å². The van der Waals surface area contributed by atoms with Gasteiger partial charge in [0.15, 0.2) is 0 Å². The lowest BCUT2D eigenvalue weighted by Crippen LogP contribution is -2.08.